The third-order valence-electron chi connectivity index (χ3n) is 3.54. The van der Waals surface area contributed by atoms with E-state index in [1.807, 2.05) is 36.4 Å². The Morgan fingerprint density at radius 3 is 2.46 bits per heavy atom. The van der Waals surface area contributed by atoms with Gasteiger partial charge >= 0.3 is 6.09 Å². The van der Waals surface area contributed by atoms with Crippen LogP contribution in [-0.4, -0.2) is 31.5 Å². The maximum atomic E-state index is 11.6. The topological polar surface area (TPSA) is 67.8 Å². The Kier molecular flexibility index (Phi) is 7.11. The van der Waals surface area contributed by atoms with Gasteiger partial charge in [0, 0.05) is 12.8 Å². The quantitative estimate of drug-likeness (QED) is 0.724. The van der Waals surface area contributed by atoms with Gasteiger partial charge < -0.3 is 14.6 Å². The second-order valence-corrected chi connectivity index (χ2v) is 5.48. The average Bonchev–Trinajstić information content (AvgIpc) is 2.55. The zero-order valence-corrected chi connectivity index (χ0v) is 13.8. The van der Waals surface area contributed by atoms with Gasteiger partial charge in [-0.15, -0.1) is 0 Å². The van der Waals surface area contributed by atoms with Crippen LogP contribution in [0.1, 0.15) is 17.5 Å². The van der Waals surface area contributed by atoms with Crippen molar-refractivity contribution >= 4 is 11.8 Å². The summed E-state index contributed by atoms with van der Waals surface area (Å²) in [5.41, 5.74) is 2.98. The third-order valence-corrected chi connectivity index (χ3v) is 3.54. The van der Waals surface area contributed by atoms with Crippen LogP contribution in [0.15, 0.2) is 48.5 Å². The summed E-state index contributed by atoms with van der Waals surface area (Å²) >= 11 is 0. The van der Waals surface area contributed by atoms with Crippen molar-refractivity contribution in [3.05, 3.63) is 59.7 Å². The Morgan fingerprint density at radius 1 is 1.04 bits per heavy atom. The zero-order valence-electron chi connectivity index (χ0n) is 13.8. The zero-order chi connectivity index (χ0) is 17.2. The molecule has 0 saturated heterocycles. The monoisotopic (exact) mass is 329 g/mol. The van der Waals surface area contributed by atoms with E-state index in [-0.39, 0.29) is 6.61 Å². The molecule has 0 aliphatic carbocycles. The number of phenolic OH excluding ortho intramolecular Hbond substituents is 1. The summed E-state index contributed by atoms with van der Waals surface area (Å²) in [6.45, 7) is 0.606. The highest BCUT2D eigenvalue weighted by Crippen LogP contribution is 2.16. The molecule has 5 nitrogen and oxygen atoms in total. The van der Waals surface area contributed by atoms with E-state index in [9.17, 15) is 9.90 Å². The van der Waals surface area contributed by atoms with Crippen LogP contribution in [0.4, 0.5) is 10.5 Å². The number of aromatic hydroxyl groups is 1. The fourth-order valence-electron chi connectivity index (χ4n) is 2.38. The Hall–Kier alpha value is -2.53. The lowest BCUT2D eigenvalue weighted by Gasteiger charge is -2.08. The lowest BCUT2D eigenvalue weighted by Crippen LogP contribution is -2.16. The second kappa shape index (κ2) is 9.57. The van der Waals surface area contributed by atoms with E-state index < -0.39 is 6.09 Å². The van der Waals surface area contributed by atoms with Gasteiger partial charge in [0.2, 0.25) is 0 Å². The van der Waals surface area contributed by atoms with Crippen molar-refractivity contribution in [2.75, 3.05) is 25.6 Å². The molecule has 0 aromatic heterocycles. The van der Waals surface area contributed by atoms with E-state index >= 15 is 0 Å². The van der Waals surface area contributed by atoms with Crippen molar-refractivity contribution < 1.29 is 19.4 Å². The number of rotatable bonds is 8. The van der Waals surface area contributed by atoms with Crippen LogP contribution in [0.5, 0.6) is 5.75 Å². The number of carbonyl (C=O) groups excluding carboxylic acids is 1. The van der Waals surface area contributed by atoms with Crippen molar-refractivity contribution in [3.63, 3.8) is 0 Å². The maximum Gasteiger partial charge on any atom is 0.411 e. The smallest absolute Gasteiger partial charge is 0.411 e. The van der Waals surface area contributed by atoms with Gasteiger partial charge in [0.1, 0.15) is 12.4 Å². The molecule has 2 rings (SSSR count). The highest BCUT2D eigenvalue weighted by atomic mass is 16.6. The number of carbonyl (C=O) groups is 1. The number of nitrogens with one attached hydrogen (secondary N) is 1. The first kappa shape index (κ1) is 17.8. The first-order chi connectivity index (χ1) is 11.7. The highest BCUT2D eigenvalue weighted by molar-refractivity contribution is 5.84. The SMILES string of the molecule is COCCOC(=O)Nc1cccc(CCCc2cccc(O)c2)c1. The Morgan fingerprint density at radius 2 is 1.75 bits per heavy atom. The molecule has 2 aromatic carbocycles. The molecule has 0 unspecified atom stereocenters. The van der Waals surface area contributed by atoms with Crippen LogP contribution in [0.2, 0.25) is 0 Å². The normalized spacial score (nSPS) is 10.4. The molecule has 128 valence electrons. The van der Waals surface area contributed by atoms with Gasteiger partial charge in [-0.05, 0) is 54.7 Å². The van der Waals surface area contributed by atoms with Crippen molar-refractivity contribution in [2.24, 2.45) is 0 Å². The largest absolute Gasteiger partial charge is 0.508 e. The molecule has 2 N–H and O–H groups in total. The number of hydrogen-bond acceptors (Lipinski definition) is 4. The number of hydrogen-bond donors (Lipinski definition) is 2. The molecular weight excluding hydrogens is 306 g/mol. The van der Waals surface area contributed by atoms with Gasteiger partial charge in [0.15, 0.2) is 0 Å². The average molecular weight is 329 g/mol. The number of anilines is 1. The summed E-state index contributed by atoms with van der Waals surface area (Å²) in [4.78, 5) is 11.6. The molecule has 0 atom stereocenters. The minimum Gasteiger partial charge on any atom is -0.508 e. The van der Waals surface area contributed by atoms with E-state index in [1.54, 1.807) is 19.2 Å². The molecule has 0 bridgehead atoms. The van der Waals surface area contributed by atoms with Crippen LogP contribution >= 0.6 is 0 Å². The van der Waals surface area contributed by atoms with E-state index in [2.05, 4.69) is 5.32 Å². The minimum atomic E-state index is -0.482. The maximum absolute atomic E-state index is 11.6. The molecule has 0 heterocycles. The van der Waals surface area contributed by atoms with E-state index in [4.69, 9.17) is 9.47 Å². The van der Waals surface area contributed by atoms with E-state index in [0.717, 1.165) is 30.4 Å². The molecule has 5 heteroatoms. The van der Waals surface area contributed by atoms with Crippen LogP contribution in [0.25, 0.3) is 0 Å². The lowest BCUT2D eigenvalue weighted by atomic mass is 10.0. The summed E-state index contributed by atoms with van der Waals surface area (Å²) in [5, 5.41) is 12.2. The van der Waals surface area contributed by atoms with Gasteiger partial charge in [0.25, 0.3) is 0 Å². The summed E-state index contributed by atoms with van der Waals surface area (Å²) in [5.74, 6) is 0.297. The van der Waals surface area contributed by atoms with Gasteiger partial charge in [0.05, 0.1) is 6.61 Å². The summed E-state index contributed by atoms with van der Waals surface area (Å²) in [6, 6.07) is 15.0. The number of methoxy groups -OCH3 is 1. The minimum absolute atomic E-state index is 0.228. The Labute approximate surface area is 142 Å². The van der Waals surface area contributed by atoms with Gasteiger partial charge in [-0.3, -0.25) is 5.32 Å². The van der Waals surface area contributed by atoms with Crippen LogP contribution in [-0.2, 0) is 22.3 Å². The summed E-state index contributed by atoms with van der Waals surface area (Å²) < 4.78 is 9.81. The number of benzene rings is 2. The first-order valence-electron chi connectivity index (χ1n) is 7.97. The molecule has 1 amide bonds. The molecule has 24 heavy (non-hydrogen) atoms. The third kappa shape index (κ3) is 6.30. The molecule has 0 radical (unpaired) electrons. The standard InChI is InChI=1S/C19H23NO4/c1-23-11-12-24-19(22)20-17-9-3-7-15(13-17)5-2-6-16-8-4-10-18(21)14-16/h3-4,7-10,13-14,21H,2,5-6,11-12H2,1H3,(H,20,22). The number of ether oxygens (including phenoxy) is 2. The van der Waals surface area contributed by atoms with Crippen LogP contribution < -0.4 is 5.32 Å². The second-order valence-electron chi connectivity index (χ2n) is 5.48. The van der Waals surface area contributed by atoms with Crippen molar-refractivity contribution in [3.8, 4) is 5.75 Å². The van der Waals surface area contributed by atoms with Crippen molar-refractivity contribution in [1.29, 1.82) is 0 Å². The number of phenols is 1. The van der Waals surface area contributed by atoms with Gasteiger partial charge in [-0.25, -0.2) is 4.79 Å². The first-order valence-corrected chi connectivity index (χ1v) is 7.97. The van der Waals surface area contributed by atoms with Gasteiger partial charge in [-0.2, -0.15) is 0 Å². The van der Waals surface area contributed by atoms with Crippen molar-refractivity contribution in [1.82, 2.24) is 0 Å². The molecular formula is C19H23NO4. The Bertz CT molecular complexity index is 657. The molecule has 0 fully saturated rings. The van der Waals surface area contributed by atoms with Gasteiger partial charge in [-0.1, -0.05) is 24.3 Å². The summed E-state index contributed by atoms with van der Waals surface area (Å²) in [7, 11) is 1.56. The fraction of sp³-hybridized carbons (Fsp3) is 0.316. The highest BCUT2D eigenvalue weighted by Gasteiger charge is 2.04. The van der Waals surface area contributed by atoms with Crippen molar-refractivity contribution in [2.45, 2.75) is 19.3 Å². The predicted molar refractivity (Wildman–Crippen MR) is 93.4 cm³/mol. The number of amides is 1. The van der Waals surface area contributed by atoms with Crippen LogP contribution in [0, 0.1) is 0 Å². The molecule has 0 spiro atoms. The molecule has 0 saturated carbocycles. The lowest BCUT2D eigenvalue weighted by molar-refractivity contribution is 0.107. The molecule has 0 aliphatic rings. The number of aryl methyl sites for hydroxylation is 2. The van der Waals surface area contributed by atoms with E-state index in [0.29, 0.717) is 18.0 Å². The fourth-order valence-corrected chi connectivity index (χ4v) is 2.38. The van der Waals surface area contributed by atoms with Crippen LogP contribution in [0.3, 0.4) is 0 Å². The molecule has 0 aliphatic heterocycles. The summed E-state index contributed by atoms with van der Waals surface area (Å²) in [6.07, 6.45) is 2.27. The predicted octanol–water partition coefficient (Wildman–Crippen LogP) is 3.76. The Balaban J connectivity index is 1.80. The molecule has 2 aromatic rings. The van der Waals surface area contributed by atoms with E-state index in [1.165, 1.54) is 0 Å².